The fourth-order valence-electron chi connectivity index (χ4n) is 3.53. The Morgan fingerprint density at radius 1 is 1.07 bits per heavy atom. The van der Waals surface area contributed by atoms with Crippen LogP contribution in [0.1, 0.15) is 23.1 Å². The van der Waals surface area contributed by atoms with Crippen molar-refractivity contribution in [3.63, 3.8) is 0 Å². The van der Waals surface area contributed by atoms with Gasteiger partial charge in [0, 0.05) is 24.9 Å². The van der Waals surface area contributed by atoms with E-state index in [4.69, 9.17) is 10.5 Å². The summed E-state index contributed by atoms with van der Waals surface area (Å²) in [6.07, 6.45) is 0. The van der Waals surface area contributed by atoms with E-state index in [1.165, 1.54) is 4.57 Å². The zero-order chi connectivity index (χ0) is 19.1. The summed E-state index contributed by atoms with van der Waals surface area (Å²) in [5.41, 5.74) is 10.8. The average Bonchev–Trinajstić information content (AvgIpc) is 3.36. The maximum absolute atomic E-state index is 12.0. The molecule has 5 heteroatoms. The van der Waals surface area contributed by atoms with E-state index in [9.17, 15) is 4.79 Å². The van der Waals surface area contributed by atoms with E-state index in [1.54, 1.807) is 20.2 Å². The number of hydrogen-bond donors (Lipinski definition) is 1. The van der Waals surface area contributed by atoms with E-state index in [0.717, 1.165) is 28.0 Å². The molecule has 27 heavy (non-hydrogen) atoms. The molecule has 0 bridgehead atoms. The molecule has 2 N–H and O–H groups in total. The molecule has 1 fully saturated rings. The summed E-state index contributed by atoms with van der Waals surface area (Å²) in [6.45, 7) is 4.18. The largest absolute Gasteiger partial charge is 0.497 e. The van der Waals surface area contributed by atoms with Gasteiger partial charge in [-0.1, -0.05) is 48.6 Å². The first-order valence-corrected chi connectivity index (χ1v) is 8.76. The first kappa shape index (κ1) is 17.1. The second-order valence-corrected chi connectivity index (χ2v) is 6.82. The molecule has 3 aromatic rings. The number of nitrogens with two attached hydrogens (primary N) is 1. The Bertz CT molecular complexity index is 1100. The van der Waals surface area contributed by atoms with Crippen LogP contribution in [0.3, 0.4) is 0 Å². The SMILES string of the molecule is C=C1C(c2cccc(-c3cccc(OC)c3)c2)C1c1cc(=O)n(C)c(N)n1. The van der Waals surface area contributed by atoms with Gasteiger partial charge in [-0.15, -0.1) is 0 Å². The number of rotatable bonds is 4. The van der Waals surface area contributed by atoms with E-state index >= 15 is 0 Å². The van der Waals surface area contributed by atoms with Gasteiger partial charge in [0.1, 0.15) is 5.75 Å². The molecule has 136 valence electrons. The highest BCUT2D eigenvalue weighted by Crippen LogP contribution is 2.58. The van der Waals surface area contributed by atoms with Gasteiger partial charge < -0.3 is 10.5 Å². The van der Waals surface area contributed by atoms with E-state index in [-0.39, 0.29) is 23.3 Å². The number of nitrogen functional groups attached to an aromatic ring is 1. The number of benzene rings is 2. The number of allylic oxidation sites excluding steroid dienone is 1. The fourth-order valence-corrected chi connectivity index (χ4v) is 3.53. The molecule has 1 aliphatic rings. The number of aromatic nitrogens is 2. The van der Waals surface area contributed by atoms with Crippen molar-refractivity contribution < 1.29 is 4.74 Å². The second-order valence-electron chi connectivity index (χ2n) is 6.82. The number of anilines is 1. The summed E-state index contributed by atoms with van der Waals surface area (Å²) in [7, 11) is 3.28. The van der Waals surface area contributed by atoms with E-state index in [2.05, 4.69) is 35.8 Å². The Kier molecular flexibility index (Phi) is 4.07. The quantitative estimate of drug-likeness (QED) is 0.724. The molecule has 0 aliphatic heterocycles. The highest BCUT2D eigenvalue weighted by Gasteiger charge is 2.45. The van der Waals surface area contributed by atoms with Gasteiger partial charge >= 0.3 is 0 Å². The molecule has 0 radical (unpaired) electrons. The van der Waals surface area contributed by atoms with Gasteiger partial charge in [0.2, 0.25) is 5.95 Å². The zero-order valence-electron chi connectivity index (χ0n) is 15.3. The third kappa shape index (κ3) is 3.01. The normalized spacial score (nSPS) is 18.4. The molecule has 2 aromatic carbocycles. The van der Waals surface area contributed by atoms with Crippen molar-refractivity contribution in [2.75, 3.05) is 12.8 Å². The lowest BCUT2D eigenvalue weighted by molar-refractivity contribution is 0.415. The second kappa shape index (κ2) is 6.43. The number of nitrogens with zero attached hydrogens (tertiary/aromatic N) is 2. The summed E-state index contributed by atoms with van der Waals surface area (Å²) in [4.78, 5) is 16.4. The highest BCUT2D eigenvalue weighted by atomic mass is 16.5. The van der Waals surface area contributed by atoms with E-state index < -0.39 is 0 Å². The molecule has 1 heterocycles. The minimum absolute atomic E-state index is 0.0294. The van der Waals surface area contributed by atoms with E-state index in [0.29, 0.717) is 5.69 Å². The predicted octanol–water partition coefficient (Wildman–Crippen LogP) is 3.48. The summed E-state index contributed by atoms with van der Waals surface area (Å²) >= 11 is 0. The summed E-state index contributed by atoms with van der Waals surface area (Å²) in [5.74, 6) is 1.23. The van der Waals surface area contributed by atoms with Gasteiger partial charge in [0.05, 0.1) is 12.8 Å². The molecule has 0 spiro atoms. The first-order chi connectivity index (χ1) is 13.0. The number of ether oxygens (including phenoxy) is 1. The molecule has 5 nitrogen and oxygen atoms in total. The van der Waals surface area contributed by atoms with Gasteiger partial charge in [-0.2, -0.15) is 0 Å². The summed E-state index contributed by atoms with van der Waals surface area (Å²) in [6, 6.07) is 17.9. The smallest absolute Gasteiger partial charge is 0.254 e. The number of methoxy groups -OCH3 is 1. The van der Waals surface area contributed by atoms with Crippen molar-refractivity contribution in [3.8, 4) is 16.9 Å². The topological polar surface area (TPSA) is 70.1 Å². The van der Waals surface area contributed by atoms with Crippen molar-refractivity contribution >= 4 is 5.95 Å². The molecule has 1 aliphatic carbocycles. The molecule has 2 atom stereocenters. The van der Waals surface area contributed by atoms with Crippen LogP contribution in [-0.4, -0.2) is 16.7 Å². The van der Waals surface area contributed by atoms with Gasteiger partial charge in [-0.25, -0.2) is 4.98 Å². The Morgan fingerprint density at radius 2 is 1.78 bits per heavy atom. The lowest BCUT2D eigenvalue weighted by Crippen LogP contribution is -2.21. The maximum atomic E-state index is 12.0. The van der Waals surface area contributed by atoms with Gasteiger partial charge in [0.15, 0.2) is 0 Å². The maximum Gasteiger partial charge on any atom is 0.254 e. The van der Waals surface area contributed by atoms with Gasteiger partial charge in [-0.3, -0.25) is 9.36 Å². The fraction of sp³-hybridized carbons (Fsp3) is 0.182. The van der Waals surface area contributed by atoms with Crippen molar-refractivity contribution in [2.45, 2.75) is 11.8 Å². The highest BCUT2D eigenvalue weighted by molar-refractivity contribution is 5.67. The van der Waals surface area contributed by atoms with Crippen molar-refractivity contribution in [3.05, 3.63) is 88.4 Å². The minimum Gasteiger partial charge on any atom is -0.497 e. The molecule has 4 rings (SSSR count). The van der Waals surface area contributed by atoms with Crippen LogP contribution in [0.25, 0.3) is 11.1 Å². The average molecular weight is 359 g/mol. The van der Waals surface area contributed by atoms with Crippen molar-refractivity contribution in [1.29, 1.82) is 0 Å². The standard InChI is InChI=1S/C22H21N3O2/c1-13-20(21(13)18-12-19(26)25(2)22(23)24-18)16-8-4-6-14(10-16)15-7-5-9-17(11-15)27-3/h4-12,20-21H,1H2,2-3H3,(H2,23,24). The van der Waals surface area contributed by atoms with Gasteiger partial charge in [-0.05, 0) is 28.8 Å². The Labute approximate surface area is 157 Å². The Hall–Kier alpha value is -3.34. The van der Waals surface area contributed by atoms with Crippen LogP contribution in [0.4, 0.5) is 5.95 Å². The van der Waals surface area contributed by atoms with Crippen LogP contribution in [0.2, 0.25) is 0 Å². The van der Waals surface area contributed by atoms with E-state index in [1.807, 2.05) is 24.3 Å². The lowest BCUT2D eigenvalue weighted by atomic mass is 10.00. The van der Waals surface area contributed by atoms with Crippen LogP contribution in [0, 0.1) is 0 Å². The zero-order valence-corrected chi connectivity index (χ0v) is 15.3. The monoisotopic (exact) mass is 359 g/mol. The summed E-state index contributed by atoms with van der Waals surface area (Å²) < 4.78 is 6.66. The number of hydrogen-bond acceptors (Lipinski definition) is 4. The third-order valence-electron chi connectivity index (χ3n) is 5.18. The third-order valence-corrected chi connectivity index (χ3v) is 5.18. The molecule has 0 amide bonds. The first-order valence-electron chi connectivity index (χ1n) is 8.76. The van der Waals surface area contributed by atoms with Gasteiger partial charge in [0.25, 0.3) is 5.56 Å². The molecular weight excluding hydrogens is 338 g/mol. The Balaban J connectivity index is 1.67. The van der Waals surface area contributed by atoms with Crippen LogP contribution in [0.5, 0.6) is 5.75 Å². The molecule has 2 unspecified atom stereocenters. The van der Waals surface area contributed by atoms with Crippen molar-refractivity contribution in [1.82, 2.24) is 9.55 Å². The minimum atomic E-state index is -0.152. The van der Waals surface area contributed by atoms with Crippen LogP contribution in [-0.2, 0) is 7.05 Å². The summed E-state index contributed by atoms with van der Waals surface area (Å²) in [5, 5.41) is 0. The predicted molar refractivity (Wildman–Crippen MR) is 107 cm³/mol. The molecule has 1 aromatic heterocycles. The van der Waals surface area contributed by atoms with Crippen LogP contribution >= 0.6 is 0 Å². The van der Waals surface area contributed by atoms with Crippen LogP contribution in [0.15, 0.2) is 71.5 Å². The van der Waals surface area contributed by atoms with Crippen molar-refractivity contribution in [2.24, 2.45) is 7.05 Å². The Morgan fingerprint density at radius 3 is 2.48 bits per heavy atom. The molecule has 0 saturated heterocycles. The lowest BCUT2D eigenvalue weighted by Gasteiger charge is -2.08. The molecular formula is C22H21N3O2. The van der Waals surface area contributed by atoms with Crippen LogP contribution < -0.4 is 16.0 Å². The molecule has 1 saturated carbocycles.